The molecule has 0 bridgehead atoms. The predicted octanol–water partition coefficient (Wildman–Crippen LogP) is 5.43. The van der Waals surface area contributed by atoms with Crippen LogP contribution < -0.4 is 10.7 Å². The van der Waals surface area contributed by atoms with Crippen LogP contribution in [0.5, 0.6) is 0 Å². The SMILES string of the molecule is CCc1ccc(-n2c(C)cc(/C=N/NC(=O)Nc3ccc(C)c(C)c3)c2C)cc1. The lowest BCUT2D eigenvalue weighted by Crippen LogP contribution is -2.24. The van der Waals surface area contributed by atoms with Crippen molar-refractivity contribution in [2.24, 2.45) is 5.10 Å². The maximum Gasteiger partial charge on any atom is 0.339 e. The summed E-state index contributed by atoms with van der Waals surface area (Å²) in [6.07, 6.45) is 2.71. The van der Waals surface area contributed by atoms with Crippen molar-refractivity contribution in [1.29, 1.82) is 0 Å². The van der Waals surface area contributed by atoms with Gasteiger partial charge in [-0.3, -0.25) is 0 Å². The van der Waals surface area contributed by atoms with E-state index in [4.69, 9.17) is 0 Å². The van der Waals surface area contributed by atoms with Crippen molar-refractivity contribution in [1.82, 2.24) is 9.99 Å². The number of hydrogen-bond donors (Lipinski definition) is 2. The van der Waals surface area contributed by atoms with Crippen LogP contribution in [0.4, 0.5) is 10.5 Å². The molecule has 150 valence electrons. The Labute approximate surface area is 172 Å². The van der Waals surface area contributed by atoms with Gasteiger partial charge in [-0.05, 0) is 81.1 Å². The molecular formula is C24H28N4O. The second-order valence-corrected chi connectivity index (χ2v) is 7.31. The highest BCUT2D eigenvalue weighted by molar-refractivity contribution is 5.90. The van der Waals surface area contributed by atoms with Gasteiger partial charge in [-0.25, -0.2) is 10.2 Å². The highest BCUT2D eigenvalue weighted by Crippen LogP contribution is 2.20. The normalized spacial score (nSPS) is 11.1. The van der Waals surface area contributed by atoms with E-state index in [-0.39, 0.29) is 6.03 Å². The standard InChI is InChI=1S/C24H28N4O/c1-6-20-8-11-23(12-9-20)28-18(4)14-21(19(28)5)15-25-27-24(29)26-22-10-7-16(2)17(3)13-22/h7-15H,6H2,1-5H3,(H2,26,27,29)/b25-15+. The van der Waals surface area contributed by atoms with Crippen molar-refractivity contribution < 1.29 is 4.79 Å². The number of hydrazone groups is 1. The summed E-state index contributed by atoms with van der Waals surface area (Å²) >= 11 is 0. The summed E-state index contributed by atoms with van der Waals surface area (Å²) in [6, 6.07) is 16.1. The lowest BCUT2D eigenvalue weighted by atomic mass is 10.1. The Hall–Kier alpha value is -3.34. The number of nitrogens with zero attached hydrogens (tertiary/aromatic N) is 2. The Morgan fingerprint density at radius 1 is 1.00 bits per heavy atom. The zero-order valence-corrected chi connectivity index (χ0v) is 17.7. The van der Waals surface area contributed by atoms with Crippen LogP contribution in [0.3, 0.4) is 0 Å². The van der Waals surface area contributed by atoms with E-state index in [1.54, 1.807) is 6.21 Å². The number of rotatable bonds is 5. The van der Waals surface area contributed by atoms with Gasteiger partial charge in [-0.2, -0.15) is 5.10 Å². The van der Waals surface area contributed by atoms with E-state index in [9.17, 15) is 4.79 Å². The first-order valence-corrected chi connectivity index (χ1v) is 9.84. The highest BCUT2D eigenvalue weighted by atomic mass is 16.2. The smallest absolute Gasteiger partial charge is 0.318 e. The molecule has 0 spiro atoms. The number of aromatic nitrogens is 1. The van der Waals surface area contributed by atoms with Gasteiger partial charge in [0.1, 0.15) is 0 Å². The van der Waals surface area contributed by atoms with Gasteiger partial charge in [0.2, 0.25) is 0 Å². The summed E-state index contributed by atoms with van der Waals surface area (Å²) in [7, 11) is 0. The molecule has 0 saturated heterocycles. The summed E-state index contributed by atoms with van der Waals surface area (Å²) in [4.78, 5) is 12.1. The van der Waals surface area contributed by atoms with E-state index >= 15 is 0 Å². The van der Waals surface area contributed by atoms with Crippen LogP contribution in [0.15, 0.2) is 53.6 Å². The van der Waals surface area contributed by atoms with Crippen LogP contribution >= 0.6 is 0 Å². The van der Waals surface area contributed by atoms with Crippen LogP contribution in [0.1, 0.15) is 40.6 Å². The number of anilines is 1. The monoisotopic (exact) mass is 388 g/mol. The zero-order chi connectivity index (χ0) is 21.0. The van der Waals surface area contributed by atoms with E-state index in [1.807, 2.05) is 32.0 Å². The number of amides is 2. The minimum absolute atomic E-state index is 0.367. The summed E-state index contributed by atoms with van der Waals surface area (Å²) in [5.41, 5.74) is 11.2. The van der Waals surface area contributed by atoms with Crippen LogP contribution in [-0.2, 0) is 6.42 Å². The molecule has 0 radical (unpaired) electrons. The number of hydrogen-bond acceptors (Lipinski definition) is 2. The maximum atomic E-state index is 12.1. The molecule has 0 unspecified atom stereocenters. The molecule has 3 aromatic rings. The van der Waals surface area contributed by atoms with Crippen molar-refractivity contribution in [3.05, 3.63) is 82.2 Å². The van der Waals surface area contributed by atoms with Gasteiger partial charge < -0.3 is 9.88 Å². The fourth-order valence-corrected chi connectivity index (χ4v) is 3.34. The Morgan fingerprint density at radius 2 is 1.72 bits per heavy atom. The number of carbonyl (C=O) groups excluding carboxylic acids is 1. The van der Waals surface area contributed by atoms with Crippen molar-refractivity contribution >= 4 is 17.9 Å². The first-order valence-electron chi connectivity index (χ1n) is 9.84. The van der Waals surface area contributed by atoms with Crippen molar-refractivity contribution in [3.8, 4) is 5.69 Å². The van der Waals surface area contributed by atoms with Gasteiger partial charge in [0, 0.05) is 28.3 Å². The third-order valence-electron chi connectivity index (χ3n) is 5.21. The van der Waals surface area contributed by atoms with Crippen LogP contribution in [0, 0.1) is 27.7 Å². The highest BCUT2D eigenvalue weighted by Gasteiger charge is 2.09. The lowest BCUT2D eigenvalue weighted by Gasteiger charge is -2.10. The van der Waals surface area contributed by atoms with Gasteiger partial charge in [-0.15, -0.1) is 0 Å². The van der Waals surface area contributed by atoms with Crippen LogP contribution in [-0.4, -0.2) is 16.8 Å². The number of benzene rings is 2. The van der Waals surface area contributed by atoms with Crippen LogP contribution in [0.25, 0.3) is 5.69 Å². The Bertz CT molecular complexity index is 1050. The molecule has 1 heterocycles. The van der Waals surface area contributed by atoms with Crippen molar-refractivity contribution in [3.63, 3.8) is 0 Å². The van der Waals surface area contributed by atoms with Gasteiger partial charge in [0.05, 0.1) is 6.21 Å². The molecule has 0 aliphatic rings. The molecule has 1 aromatic heterocycles. The quantitative estimate of drug-likeness (QED) is 0.444. The molecule has 0 aliphatic carbocycles. The molecule has 5 heteroatoms. The molecule has 2 aromatic carbocycles. The molecule has 3 rings (SSSR count). The molecular weight excluding hydrogens is 360 g/mol. The van der Waals surface area contributed by atoms with Gasteiger partial charge in [-0.1, -0.05) is 25.1 Å². The predicted molar refractivity (Wildman–Crippen MR) is 120 cm³/mol. The molecule has 0 fully saturated rings. The number of nitrogens with one attached hydrogen (secondary N) is 2. The Morgan fingerprint density at radius 3 is 2.38 bits per heavy atom. The third-order valence-corrected chi connectivity index (χ3v) is 5.21. The largest absolute Gasteiger partial charge is 0.339 e. The summed E-state index contributed by atoms with van der Waals surface area (Å²) in [5, 5.41) is 6.91. The summed E-state index contributed by atoms with van der Waals surface area (Å²) in [5.74, 6) is 0. The zero-order valence-electron chi connectivity index (χ0n) is 17.7. The average Bonchev–Trinajstić information content (AvgIpc) is 2.98. The molecule has 2 amide bonds. The van der Waals surface area contributed by atoms with E-state index in [1.165, 1.54) is 11.1 Å². The molecule has 2 N–H and O–H groups in total. The number of urea groups is 1. The minimum atomic E-state index is -0.367. The third kappa shape index (κ3) is 4.74. The van der Waals surface area contributed by atoms with E-state index < -0.39 is 0 Å². The summed E-state index contributed by atoms with van der Waals surface area (Å²) in [6.45, 7) is 10.3. The number of carbonyl (C=O) groups is 1. The van der Waals surface area contributed by atoms with Crippen molar-refractivity contribution in [2.75, 3.05) is 5.32 Å². The van der Waals surface area contributed by atoms with Crippen molar-refractivity contribution in [2.45, 2.75) is 41.0 Å². The van der Waals surface area contributed by atoms with Gasteiger partial charge >= 0.3 is 6.03 Å². The molecule has 0 aliphatic heterocycles. The van der Waals surface area contributed by atoms with Gasteiger partial charge in [0.15, 0.2) is 0 Å². The maximum absolute atomic E-state index is 12.1. The molecule has 0 atom stereocenters. The molecule has 5 nitrogen and oxygen atoms in total. The Balaban J connectivity index is 1.69. The Kier molecular flexibility index (Phi) is 6.17. The topological polar surface area (TPSA) is 58.4 Å². The minimum Gasteiger partial charge on any atom is -0.318 e. The fourth-order valence-electron chi connectivity index (χ4n) is 3.34. The van der Waals surface area contributed by atoms with E-state index in [2.05, 4.69) is 71.5 Å². The number of aryl methyl sites for hydroxylation is 4. The van der Waals surface area contributed by atoms with Crippen LogP contribution in [0.2, 0.25) is 0 Å². The fraction of sp³-hybridized carbons (Fsp3) is 0.250. The van der Waals surface area contributed by atoms with E-state index in [0.29, 0.717) is 0 Å². The van der Waals surface area contributed by atoms with E-state index in [0.717, 1.165) is 40.3 Å². The summed E-state index contributed by atoms with van der Waals surface area (Å²) < 4.78 is 2.19. The van der Waals surface area contributed by atoms with Gasteiger partial charge in [0.25, 0.3) is 0 Å². The molecule has 29 heavy (non-hydrogen) atoms. The second kappa shape index (κ2) is 8.78. The first-order chi connectivity index (χ1) is 13.9. The molecule has 0 saturated carbocycles. The first kappa shape index (κ1) is 20.4. The average molecular weight is 389 g/mol. The second-order valence-electron chi connectivity index (χ2n) is 7.31. The lowest BCUT2D eigenvalue weighted by molar-refractivity contribution is 0.252.